The van der Waals surface area contributed by atoms with Gasteiger partial charge in [0.15, 0.2) is 11.8 Å². The van der Waals surface area contributed by atoms with Crippen molar-refractivity contribution in [1.29, 1.82) is 0 Å². The number of aromatic nitrogens is 6. The van der Waals surface area contributed by atoms with Gasteiger partial charge in [-0.3, -0.25) is 4.99 Å². The third-order valence-corrected chi connectivity index (χ3v) is 4.53. The summed E-state index contributed by atoms with van der Waals surface area (Å²) in [5, 5.41) is 19.5. The lowest BCUT2D eigenvalue weighted by atomic mass is 10.1. The van der Waals surface area contributed by atoms with Crippen molar-refractivity contribution in [2.24, 2.45) is 4.99 Å². The van der Waals surface area contributed by atoms with Crippen LogP contribution >= 0.6 is 24.0 Å². The summed E-state index contributed by atoms with van der Waals surface area (Å²) >= 11 is 0. The highest BCUT2D eigenvalue weighted by Crippen LogP contribution is 2.13. The van der Waals surface area contributed by atoms with Crippen molar-refractivity contribution >= 4 is 29.9 Å². The van der Waals surface area contributed by atoms with E-state index in [0.717, 1.165) is 68.8 Å². The summed E-state index contributed by atoms with van der Waals surface area (Å²) in [5.74, 6) is 3.88. The largest absolute Gasteiger partial charge is 0.357 e. The number of aryl methyl sites for hydroxylation is 3. The highest BCUT2D eigenvalue weighted by molar-refractivity contribution is 14.0. The van der Waals surface area contributed by atoms with Crippen LogP contribution in [0.1, 0.15) is 44.7 Å². The zero-order valence-corrected chi connectivity index (χ0v) is 18.7. The van der Waals surface area contributed by atoms with Gasteiger partial charge in [0.05, 0.1) is 13.1 Å². The van der Waals surface area contributed by atoms with Crippen LogP contribution in [-0.4, -0.2) is 54.6 Å². The van der Waals surface area contributed by atoms with Gasteiger partial charge in [0.25, 0.3) is 0 Å². The summed E-state index contributed by atoms with van der Waals surface area (Å²) in [6.07, 6.45) is 5.52. The Hall–Kier alpha value is -1.72. The highest BCUT2D eigenvalue weighted by atomic mass is 127. The Balaban J connectivity index is 0.00000261. The Kier molecular flexibility index (Phi) is 8.45. The maximum Gasteiger partial charge on any atom is 0.191 e. The first-order chi connectivity index (χ1) is 12.7. The monoisotopic (exact) mass is 487 g/mol. The molecule has 10 heteroatoms. The first-order valence-corrected chi connectivity index (χ1v) is 9.57. The quantitative estimate of drug-likeness (QED) is 0.346. The Morgan fingerprint density at radius 1 is 1.30 bits per heavy atom. The number of nitrogens with one attached hydrogen (secondary N) is 2. The smallest absolute Gasteiger partial charge is 0.191 e. The minimum absolute atomic E-state index is 0. The molecule has 3 rings (SSSR count). The van der Waals surface area contributed by atoms with E-state index < -0.39 is 0 Å². The van der Waals surface area contributed by atoms with Gasteiger partial charge in [-0.1, -0.05) is 13.8 Å². The lowest BCUT2D eigenvalue weighted by Gasteiger charge is -2.25. The maximum absolute atomic E-state index is 4.71. The second kappa shape index (κ2) is 10.6. The Bertz CT molecular complexity index is 737. The molecule has 27 heavy (non-hydrogen) atoms. The number of hydrogen-bond acceptors (Lipinski definition) is 5. The molecule has 1 atom stereocenters. The van der Waals surface area contributed by atoms with Gasteiger partial charge in [-0.15, -0.1) is 34.2 Å². The topological polar surface area (TPSA) is 97.8 Å². The number of fused-ring (bicyclic) bond motifs is 1. The molecule has 9 nitrogen and oxygen atoms in total. The second-order valence-corrected chi connectivity index (χ2v) is 6.41. The average Bonchev–Trinajstić information content (AvgIpc) is 3.27. The van der Waals surface area contributed by atoms with Crippen molar-refractivity contribution in [3.05, 3.63) is 23.8 Å². The van der Waals surface area contributed by atoms with Gasteiger partial charge in [-0.25, -0.2) is 9.67 Å². The third-order valence-electron chi connectivity index (χ3n) is 4.53. The van der Waals surface area contributed by atoms with E-state index in [9.17, 15) is 0 Å². The van der Waals surface area contributed by atoms with Crippen molar-refractivity contribution < 1.29 is 0 Å². The van der Waals surface area contributed by atoms with E-state index in [1.54, 1.807) is 6.33 Å². The highest BCUT2D eigenvalue weighted by Gasteiger charge is 2.22. The molecule has 0 radical (unpaired) electrons. The van der Waals surface area contributed by atoms with E-state index >= 15 is 0 Å². The van der Waals surface area contributed by atoms with E-state index in [4.69, 9.17) is 4.99 Å². The van der Waals surface area contributed by atoms with Crippen molar-refractivity contribution in [3.8, 4) is 0 Å². The van der Waals surface area contributed by atoms with Gasteiger partial charge in [0, 0.05) is 38.4 Å². The molecule has 0 amide bonds. The zero-order valence-electron chi connectivity index (χ0n) is 16.4. The average molecular weight is 487 g/mol. The minimum Gasteiger partial charge on any atom is -0.357 e. The van der Waals surface area contributed by atoms with Crippen LogP contribution in [0, 0.1) is 0 Å². The molecule has 1 aliphatic rings. The summed E-state index contributed by atoms with van der Waals surface area (Å²) in [6, 6.07) is 0.313. The van der Waals surface area contributed by atoms with Crippen LogP contribution < -0.4 is 10.6 Å². The van der Waals surface area contributed by atoms with Crippen molar-refractivity contribution in [2.45, 2.75) is 65.6 Å². The molecule has 0 saturated carbocycles. The summed E-state index contributed by atoms with van der Waals surface area (Å²) in [4.78, 5) is 9.29. The maximum atomic E-state index is 4.71. The Morgan fingerprint density at radius 3 is 2.89 bits per heavy atom. The zero-order chi connectivity index (χ0) is 18.4. The summed E-state index contributed by atoms with van der Waals surface area (Å²) in [5.41, 5.74) is 0. The molecule has 0 aromatic carbocycles. The van der Waals surface area contributed by atoms with Crippen molar-refractivity contribution in [2.75, 3.05) is 13.1 Å². The summed E-state index contributed by atoms with van der Waals surface area (Å²) < 4.78 is 4.09. The van der Waals surface area contributed by atoms with Gasteiger partial charge in [-0.05, 0) is 13.3 Å². The van der Waals surface area contributed by atoms with Crippen molar-refractivity contribution in [3.63, 3.8) is 0 Å². The molecule has 0 saturated heterocycles. The normalized spacial score (nSPS) is 16.6. The molecule has 150 valence electrons. The molecule has 3 heterocycles. The fourth-order valence-electron chi connectivity index (χ4n) is 3.15. The van der Waals surface area contributed by atoms with Crippen molar-refractivity contribution in [1.82, 2.24) is 40.2 Å². The number of hydrogen-bond donors (Lipinski definition) is 2. The molecule has 0 aliphatic carbocycles. The lowest BCUT2D eigenvalue weighted by Crippen LogP contribution is -2.47. The van der Waals surface area contributed by atoms with Crippen LogP contribution in [0.4, 0.5) is 0 Å². The molecule has 0 bridgehead atoms. The van der Waals surface area contributed by atoms with Gasteiger partial charge < -0.3 is 15.2 Å². The standard InChI is InChI=1S/C17H29N9.HI/c1-4-14-22-16-8-7-13(11-26(16)24-14)21-17(18-6-3)19-9-10-25-12-20-23-15(25)5-2;/h12-13H,4-11H2,1-3H3,(H2,18,19,21);1H. The number of aliphatic imine (C=N–C) groups is 1. The van der Waals surface area contributed by atoms with E-state index in [1.807, 2.05) is 4.68 Å². The Morgan fingerprint density at radius 2 is 2.15 bits per heavy atom. The second-order valence-electron chi connectivity index (χ2n) is 6.41. The SMILES string of the molecule is CCNC(=NCCn1cnnc1CC)NC1CCc2nc(CC)nn2C1.I. The fraction of sp³-hybridized carbons (Fsp3) is 0.706. The van der Waals surface area contributed by atoms with Crippen LogP contribution in [0.15, 0.2) is 11.3 Å². The van der Waals surface area contributed by atoms with E-state index in [0.29, 0.717) is 12.6 Å². The number of nitrogens with zero attached hydrogens (tertiary/aromatic N) is 7. The van der Waals surface area contributed by atoms with Crippen LogP contribution in [0.3, 0.4) is 0 Å². The van der Waals surface area contributed by atoms with Crippen LogP contribution in [-0.2, 0) is 32.4 Å². The molecule has 2 N–H and O–H groups in total. The first-order valence-electron chi connectivity index (χ1n) is 9.57. The molecule has 2 aromatic heterocycles. The Labute approximate surface area is 177 Å². The predicted octanol–water partition coefficient (Wildman–Crippen LogP) is 1.18. The van der Waals surface area contributed by atoms with Crippen LogP contribution in [0.25, 0.3) is 0 Å². The summed E-state index contributed by atoms with van der Waals surface area (Å²) in [6.45, 7) is 9.38. The third kappa shape index (κ3) is 5.63. The van der Waals surface area contributed by atoms with Gasteiger partial charge in [0.2, 0.25) is 0 Å². The van der Waals surface area contributed by atoms with E-state index in [2.05, 4.69) is 56.3 Å². The molecule has 2 aromatic rings. The minimum atomic E-state index is 0. The molecule has 1 unspecified atom stereocenters. The predicted molar refractivity (Wildman–Crippen MR) is 115 cm³/mol. The number of rotatable bonds is 7. The van der Waals surface area contributed by atoms with Crippen LogP contribution in [0.2, 0.25) is 0 Å². The molecular formula is C17H30IN9. The van der Waals surface area contributed by atoms with Gasteiger partial charge in [-0.2, -0.15) is 5.10 Å². The first kappa shape index (κ1) is 21.6. The molecule has 0 spiro atoms. The van der Waals surface area contributed by atoms with Gasteiger partial charge in [0.1, 0.15) is 18.0 Å². The summed E-state index contributed by atoms with van der Waals surface area (Å²) in [7, 11) is 0. The van der Waals surface area contributed by atoms with Gasteiger partial charge >= 0.3 is 0 Å². The van der Waals surface area contributed by atoms with E-state index in [-0.39, 0.29) is 24.0 Å². The fourth-order valence-corrected chi connectivity index (χ4v) is 3.15. The number of halogens is 1. The molecular weight excluding hydrogens is 457 g/mol. The molecule has 0 fully saturated rings. The lowest BCUT2D eigenvalue weighted by molar-refractivity contribution is 0.392. The molecule has 1 aliphatic heterocycles. The number of guanidine groups is 1. The van der Waals surface area contributed by atoms with E-state index in [1.165, 1.54) is 0 Å². The van der Waals surface area contributed by atoms with Crippen LogP contribution in [0.5, 0.6) is 0 Å².